The first-order chi connectivity index (χ1) is 8.19. The van der Waals surface area contributed by atoms with Gasteiger partial charge in [-0.2, -0.15) is 5.26 Å². The predicted molar refractivity (Wildman–Crippen MR) is 63.9 cm³/mol. The average Bonchev–Trinajstić information content (AvgIpc) is 2.32. The second-order valence-electron chi connectivity index (χ2n) is 3.97. The van der Waals surface area contributed by atoms with Gasteiger partial charge < -0.3 is 9.64 Å². The average molecular weight is 236 g/mol. The maximum absolute atomic E-state index is 13.7. The van der Waals surface area contributed by atoms with Gasteiger partial charge in [0.05, 0.1) is 5.56 Å². The highest BCUT2D eigenvalue weighted by atomic mass is 19.1. The van der Waals surface area contributed by atoms with Crippen LogP contribution in [-0.4, -0.2) is 32.2 Å². The van der Waals surface area contributed by atoms with Crippen molar-refractivity contribution >= 4 is 0 Å². The van der Waals surface area contributed by atoms with Crippen molar-refractivity contribution in [1.29, 1.82) is 5.26 Å². The number of benzene rings is 1. The lowest BCUT2D eigenvalue weighted by atomic mass is 10.1. The van der Waals surface area contributed by atoms with Crippen molar-refractivity contribution < 1.29 is 9.13 Å². The molecule has 1 rings (SSSR count). The molecule has 0 bridgehead atoms. The van der Waals surface area contributed by atoms with Crippen LogP contribution in [-0.2, 0) is 11.3 Å². The first kappa shape index (κ1) is 13.6. The molecular weight excluding hydrogens is 219 g/mol. The quantitative estimate of drug-likeness (QED) is 0.710. The molecule has 1 aromatic carbocycles. The molecule has 0 saturated carbocycles. The fraction of sp³-hybridized carbons (Fsp3) is 0.462. The number of halogens is 1. The smallest absolute Gasteiger partial charge is 0.145 e. The van der Waals surface area contributed by atoms with E-state index in [1.807, 2.05) is 18.0 Å². The number of methoxy groups -OCH3 is 1. The number of rotatable bonds is 6. The highest BCUT2D eigenvalue weighted by Gasteiger charge is 2.09. The van der Waals surface area contributed by atoms with Crippen LogP contribution in [0.1, 0.15) is 17.5 Å². The van der Waals surface area contributed by atoms with Crippen LogP contribution in [0.2, 0.25) is 0 Å². The lowest BCUT2D eigenvalue weighted by molar-refractivity contribution is 0.178. The standard InChI is InChI=1S/C13H17FN2O/c1-16(7-4-8-17-2)10-12-6-3-5-11(9-15)13(12)14/h3,5-6H,4,7-8,10H2,1-2H3. The minimum Gasteiger partial charge on any atom is -0.385 e. The van der Waals surface area contributed by atoms with Crippen LogP contribution in [0.25, 0.3) is 0 Å². The van der Waals surface area contributed by atoms with Gasteiger partial charge in [-0.15, -0.1) is 0 Å². The van der Waals surface area contributed by atoms with Crippen molar-refractivity contribution in [3.63, 3.8) is 0 Å². The third kappa shape index (κ3) is 4.14. The first-order valence-corrected chi connectivity index (χ1v) is 5.54. The fourth-order valence-electron chi connectivity index (χ4n) is 1.64. The molecule has 0 heterocycles. The van der Waals surface area contributed by atoms with Gasteiger partial charge in [0.15, 0.2) is 0 Å². The van der Waals surface area contributed by atoms with E-state index >= 15 is 0 Å². The molecule has 0 N–H and O–H groups in total. The molecule has 0 aliphatic carbocycles. The SMILES string of the molecule is COCCCN(C)Cc1cccc(C#N)c1F. The van der Waals surface area contributed by atoms with Crippen molar-refractivity contribution in [1.82, 2.24) is 4.90 Å². The zero-order valence-corrected chi connectivity index (χ0v) is 10.2. The molecule has 0 aromatic heterocycles. The molecule has 0 aliphatic heterocycles. The Hall–Kier alpha value is -1.44. The van der Waals surface area contributed by atoms with Crippen LogP contribution < -0.4 is 0 Å². The maximum atomic E-state index is 13.7. The van der Waals surface area contributed by atoms with Gasteiger partial charge >= 0.3 is 0 Å². The van der Waals surface area contributed by atoms with E-state index in [2.05, 4.69) is 0 Å². The van der Waals surface area contributed by atoms with Crippen molar-refractivity contribution in [3.05, 3.63) is 35.1 Å². The summed E-state index contributed by atoms with van der Waals surface area (Å²) in [5, 5.41) is 8.73. The van der Waals surface area contributed by atoms with E-state index in [1.165, 1.54) is 6.07 Å². The van der Waals surface area contributed by atoms with E-state index in [-0.39, 0.29) is 5.56 Å². The van der Waals surface area contributed by atoms with Crippen molar-refractivity contribution in [3.8, 4) is 6.07 Å². The summed E-state index contributed by atoms with van der Waals surface area (Å²) < 4.78 is 18.7. The number of nitrogens with zero attached hydrogens (tertiary/aromatic N) is 2. The Morgan fingerprint density at radius 1 is 1.47 bits per heavy atom. The Morgan fingerprint density at radius 2 is 2.24 bits per heavy atom. The lowest BCUT2D eigenvalue weighted by Crippen LogP contribution is -2.21. The van der Waals surface area contributed by atoms with Crippen molar-refractivity contribution in [2.75, 3.05) is 27.3 Å². The summed E-state index contributed by atoms with van der Waals surface area (Å²) in [6.45, 7) is 2.04. The first-order valence-electron chi connectivity index (χ1n) is 5.54. The molecule has 0 atom stereocenters. The lowest BCUT2D eigenvalue weighted by Gasteiger charge is -2.16. The Morgan fingerprint density at radius 3 is 2.88 bits per heavy atom. The highest BCUT2D eigenvalue weighted by molar-refractivity contribution is 5.34. The summed E-state index contributed by atoms with van der Waals surface area (Å²) in [5.41, 5.74) is 0.664. The van der Waals surface area contributed by atoms with Crippen molar-refractivity contribution in [2.24, 2.45) is 0 Å². The molecule has 0 amide bonds. The molecule has 0 saturated heterocycles. The monoisotopic (exact) mass is 236 g/mol. The maximum Gasteiger partial charge on any atom is 0.145 e. The molecule has 0 radical (unpaired) electrons. The predicted octanol–water partition coefficient (Wildman–Crippen LogP) is 2.17. The highest BCUT2D eigenvalue weighted by Crippen LogP contribution is 2.13. The molecule has 0 unspecified atom stereocenters. The van der Waals surface area contributed by atoms with E-state index in [0.29, 0.717) is 18.7 Å². The van der Waals surface area contributed by atoms with E-state index in [0.717, 1.165) is 13.0 Å². The van der Waals surface area contributed by atoms with Gasteiger partial charge in [-0.25, -0.2) is 4.39 Å². The van der Waals surface area contributed by atoms with Crippen LogP contribution in [0.15, 0.2) is 18.2 Å². The van der Waals surface area contributed by atoms with Crippen LogP contribution in [0.5, 0.6) is 0 Å². The van der Waals surface area contributed by atoms with Crippen LogP contribution in [0.4, 0.5) is 4.39 Å². The van der Waals surface area contributed by atoms with Gasteiger partial charge in [0.1, 0.15) is 11.9 Å². The van der Waals surface area contributed by atoms with E-state index in [4.69, 9.17) is 10.00 Å². The van der Waals surface area contributed by atoms with Gasteiger partial charge in [0.2, 0.25) is 0 Å². The van der Waals surface area contributed by atoms with Crippen molar-refractivity contribution in [2.45, 2.75) is 13.0 Å². The zero-order valence-electron chi connectivity index (χ0n) is 10.2. The summed E-state index contributed by atoms with van der Waals surface area (Å²) >= 11 is 0. The second kappa shape index (κ2) is 7.00. The minimum absolute atomic E-state index is 0.104. The summed E-state index contributed by atoms with van der Waals surface area (Å²) in [6, 6.07) is 6.76. The Balaban J connectivity index is 2.59. The normalized spacial score (nSPS) is 10.5. The van der Waals surface area contributed by atoms with Gasteiger partial charge in [-0.3, -0.25) is 0 Å². The largest absolute Gasteiger partial charge is 0.385 e. The van der Waals surface area contributed by atoms with Gasteiger partial charge in [0.25, 0.3) is 0 Å². The van der Waals surface area contributed by atoms with E-state index in [1.54, 1.807) is 19.2 Å². The summed E-state index contributed by atoms with van der Waals surface area (Å²) in [7, 11) is 3.59. The van der Waals surface area contributed by atoms with Crippen LogP contribution >= 0.6 is 0 Å². The van der Waals surface area contributed by atoms with Gasteiger partial charge in [0, 0.05) is 32.4 Å². The number of nitriles is 1. The second-order valence-corrected chi connectivity index (χ2v) is 3.97. The topological polar surface area (TPSA) is 36.3 Å². The molecule has 1 aromatic rings. The number of hydrogen-bond acceptors (Lipinski definition) is 3. The molecule has 92 valence electrons. The summed E-state index contributed by atoms with van der Waals surface area (Å²) in [5.74, 6) is -0.409. The van der Waals surface area contributed by atoms with Crippen LogP contribution in [0.3, 0.4) is 0 Å². The zero-order chi connectivity index (χ0) is 12.7. The van der Waals surface area contributed by atoms with E-state index in [9.17, 15) is 4.39 Å². The molecule has 0 aliphatic rings. The van der Waals surface area contributed by atoms with Gasteiger partial charge in [-0.1, -0.05) is 12.1 Å². The Bertz CT molecular complexity index is 401. The minimum atomic E-state index is -0.409. The summed E-state index contributed by atoms with van der Waals surface area (Å²) in [4.78, 5) is 2.01. The molecular formula is C13H17FN2O. The molecule has 0 fully saturated rings. The molecule has 4 heteroatoms. The Labute approximate surface area is 101 Å². The summed E-state index contributed by atoms with van der Waals surface area (Å²) in [6.07, 6.45) is 0.909. The third-order valence-corrected chi connectivity index (χ3v) is 2.53. The van der Waals surface area contributed by atoms with E-state index < -0.39 is 5.82 Å². The molecule has 17 heavy (non-hydrogen) atoms. The third-order valence-electron chi connectivity index (χ3n) is 2.53. The fourth-order valence-corrected chi connectivity index (χ4v) is 1.64. The number of hydrogen-bond donors (Lipinski definition) is 0. The molecule has 3 nitrogen and oxygen atoms in total. The van der Waals surface area contributed by atoms with Gasteiger partial charge in [-0.05, 0) is 19.5 Å². The van der Waals surface area contributed by atoms with Crippen LogP contribution in [0, 0.1) is 17.1 Å². The molecule has 0 spiro atoms. The Kier molecular flexibility index (Phi) is 5.61. The number of ether oxygens (including phenoxy) is 1.